The Morgan fingerprint density at radius 3 is 2.55 bits per heavy atom. The lowest BCUT2D eigenvalue weighted by Crippen LogP contribution is -2.20. The third kappa shape index (κ3) is 3.04. The van der Waals surface area contributed by atoms with E-state index in [1.807, 2.05) is 20.2 Å². The molecule has 0 atom stereocenters. The van der Waals surface area contributed by atoms with Crippen molar-refractivity contribution < 1.29 is 0 Å². The van der Waals surface area contributed by atoms with Crippen molar-refractivity contribution in [1.82, 2.24) is 19.4 Å². The molecule has 0 bridgehead atoms. The number of aromatic nitrogens is 3. The zero-order valence-electron chi connectivity index (χ0n) is 12.7. The van der Waals surface area contributed by atoms with Crippen molar-refractivity contribution in [1.29, 1.82) is 0 Å². The number of nitrogens with zero attached hydrogens (tertiary/aromatic N) is 4. The van der Waals surface area contributed by atoms with Gasteiger partial charge < -0.3 is 9.47 Å². The smallest absolute Gasteiger partial charge is 0.261 e. The summed E-state index contributed by atoms with van der Waals surface area (Å²) in [7, 11) is 4.09. The van der Waals surface area contributed by atoms with Crippen molar-refractivity contribution in [2.24, 2.45) is 0 Å². The maximum absolute atomic E-state index is 12.4. The first-order valence-corrected chi connectivity index (χ1v) is 7.15. The van der Waals surface area contributed by atoms with Gasteiger partial charge in [0.2, 0.25) is 0 Å². The summed E-state index contributed by atoms with van der Waals surface area (Å²) in [5, 5.41) is 0.550. The van der Waals surface area contributed by atoms with Crippen LogP contribution in [0, 0.1) is 0 Å². The summed E-state index contributed by atoms with van der Waals surface area (Å²) in [4.78, 5) is 22.6. The molecule has 0 unspecified atom stereocenters. The average Bonchev–Trinajstić information content (AvgIpc) is 2.52. The Labute approximate surface area is 128 Å². The molecule has 0 radical (unpaired) electrons. The number of fused-ring (bicyclic) bond motifs is 1. The fourth-order valence-corrected chi connectivity index (χ4v) is 2.46. The van der Waals surface area contributed by atoms with E-state index in [4.69, 9.17) is 0 Å². The maximum atomic E-state index is 12.4. The van der Waals surface area contributed by atoms with Gasteiger partial charge in [-0.3, -0.25) is 4.79 Å². The third-order valence-electron chi connectivity index (χ3n) is 3.52. The number of hydrogen-bond donors (Lipinski definition) is 0. The molecule has 3 rings (SSSR count). The second kappa shape index (κ2) is 6.07. The van der Waals surface area contributed by atoms with Crippen molar-refractivity contribution >= 4 is 10.9 Å². The molecule has 0 saturated heterocycles. The molecule has 0 aliphatic carbocycles. The first-order valence-electron chi connectivity index (χ1n) is 7.15. The van der Waals surface area contributed by atoms with Crippen LogP contribution in [0.2, 0.25) is 0 Å². The third-order valence-corrected chi connectivity index (χ3v) is 3.52. The highest BCUT2D eigenvalue weighted by Crippen LogP contribution is 2.09. The van der Waals surface area contributed by atoms with E-state index in [1.54, 1.807) is 17.0 Å². The van der Waals surface area contributed by atoms with Crippen molar-refractivity contribution in [2.75, 3.05) is 14.1 Å². The molecule has 0 fully saturated rings. The molecule has 2 heterocycles. The second-order valence-electron chi connectivity index (χ2n) is 5.62. The number of pyridine rings is 1. The summed E-state index contributed by atoms with van der Waals surface area (Å²) in [5.41, 5.74) is 2.97. The lowest BCUT2D eigenvalue weighted by Gasteiger charge is -2.11. The summed E-state index contributed by atoms with van der Waals surface area (Å²) in [6.45, 7) is 1.46. The quantitative estimate of drug-likeness (QED) is 0.737. The predicted molar refractivity (Wildman–Crippen MR) is 86.7 cm³/mol. The van der Waals surface area contributed by atoms with E-state index in [0.29, 0.717) is 17.4 Å². The van der Waals surface area contributed by atoms with Crippen molar-refractivity contribution in [3.63, 3.8) is 0 Å². The maximum Gasteiger partial charge on any atom is 0.261 e. The fourth-order valence-electron chi connectivity index (χ4n) is 2.46. The zero-order chi connectivity index (χ0) is 15.5. The minimum Gasteiger partial charge on any atom is -0.310 e. The number of rotatable bonds is 4. The van der Waals surface area contributed by atoms with Gasteiger partial charge in [-0.1, -0.05) is 24.3 Å². The van der Waals surface area contributed by atoms with Gasteiger partial charge in [-0.15, -0.1) is 0 Å². The molecular weight excluding hydrogens is 276 g/mol. The molecule has 0 N–H and O–H groups in total. The van der Waals surface area contributed by atoms with E-state index < -0.39 is 0 Å². The zero-order valence-corrected chi connectivity index (χ0v) is 12.7. The van der Waals surface area contributed by atoms with Crippen molar-refractivity contribution in [3.8, 4) is 0 Å². The number of hydrogen-bond acceptors (Lipinski definition) is 4. The molecule has 0 aliphatic rings. The Morgan fingerprint density at radius 1 is 1.09 bits per heavy atom. The van der Waals surface area contributed by atoms with Gasteiger partial charge in [-0.25, -0.2) is 9.97 Å². The van der Waals surface area contributed by atoms with Crippen LogP contribution in [0.5, 0.6) is 0 Å². The highest BCUT2D eigenvalue weighted by atomic mass is 16.1. The molecule has 3 aromatic rings. The SMILES string of the molecule is CN(C)Cc1ccc(Cn2ccc3ncncc3c2=O)cc1. The Balaban J connectivity index is 1.87. The molecule has 1 aromatic carbocycles. The summed E-state index contributed by atoms with van der Waals surface area (Å²) >= 11 is 0. The molecule has 0 saturated carbocycles. The molecule has 5 nitrogen and oxygen atoms in total. The molecule has 112 valence electrons. The van der Waals surface area contributed by atoms with E-state index in [0.717, 1.165) is 12.1 Å². The summed E-state index contributed by atoms with van der Waals surface area (Å²) < 4.78 is 1.69. The van der Waals surface area contributed by atoms with Gasteiger partial charge in [0.15, 0.2) is 0 Å². The van der Waals surface area contributed by atoms with Crippen LogP contribution in [-0.4, -0.2) is 33.5 Å². The van der Waals surface area contributed by atoms with Crippen molar-refractivity contribution in [3.05, 3.63) is 70.5 Å². The molecule has 2 aromatic heterocycles. The Hall–Kier alpha value is -2.53. The van der Waals surface area contributed by atoms with Crippen LogP contribution in [-0.2, 0) is 13.1 Å². The van der Waals surface area contributed by atoms with Crippen LogP contribution in [0.1, 0.15) is 11.1 Å². The molecular formula is C17H18N4O. The van der Waals surface area contributed by atoms with Gasteiger partial charge in [0.25, 0.3) is 5.56 Å². The summed E-state index contributed by atoms with van der Waals surface area (Å²) in [6.07, 6.45) is 4.81. The molecule has 0 spiro atoms. The molecule has 22 heavy (non-hydrogen) atoms. The predicted octanol–water partition coefficient (Wildman–Crippen LogP) is 1.90. The fraction of sp³-hybridized carbons (Fsp3) is 0.235. The van der Waals surface area contributed by atoms with Gasteiger partial charge in [0, 0.05) is 18.9 Å². The monoisotopic (exact) mass is 294 g/mol. The van der Waals surface area contributed by atoms with Gasteiger partial charge in [0.05, 0.1) is 17.4 Å². The summed E-state index contributed by atoms with van der Waals surface area (Å²) in [6, 6.07) is 10.2. The molecule has 0 amide bonds. The summed E-state index contributed by atoms with van der Waals surface area (Å²) in [5.74, 6) is 0. The van der Waals surface area contributed by atoms with E-state index >= 15 is 0 Å². The molecule has 5 heteroatoms. The number of benzene rings is 1. The first-order chi connectivity index (χ1) is 10.6. The molecule has 0 aliphatic heterocycles. The highest BCUT2D eigenvalue weighted by molar-refractivity contribution is 5.75. The van der Waals surface area contributed by atoms with E-state index in [9.17, 15) is 4.79 Å². The Morgan fingerprint density at radius 2 is 1.82 bits per heavy atom. The second-order valence-corrected chi connectivity index (χ2v) is 5.62. The lowest BCUT2D eigenvalue weighted by atomic mass is 10.1. The standard InChI is InChI=1S/C17H18N4O/c1-20(2)10-13-3-5-14(6-4-13)11-21-8-7-16-15(17(21)22)9-18-12-19-16/h3-9,12H,10-11H2,1-2H3. The first kappa shape index (κ1) is 14.4. The Bertz CT molecular complexity index is 837. The van der Waals surface area contributed by atoms with Gasteiger partial charge in [-0.2, -0.15) is 0 Å². The van der Waals surface area contributed by atoms with Crippen LogP contribution in [0.25, 0.3) is 10.9 Å². The van der Waals surface area contributed by atoms with Gasteiger partial charge in [0.1, 0.15) is 6.33 Å². The topological polar surface area (TPSA) is 51.0 Å². The van der Waals surface area contributed by atoms with Gasteiger partial charge >= 0.3 is 0 Å². The van der Waals surface area contributed by atoms with Crippen LogP contribution < -0.4 is 5.56 Å². The van der Waals surface area contributed by atoms with Crippen molar-refractivity contribution in [2.45, 2.75) is 13.1 Å². The van der Waals surface area contributed by atoms with Crippen LogP contribution in [0.15, 0.2) is 53.8 Å². The van der Waals surface area contributed by atoms with Crippen LogP contribution in [0.4, 0.5) is 0 Å². The van der Waals surface area contributed by atoms with E-state index in [1.165, 1.54) is 11.9 Å². The largest absolute Gasteiger partial charge is 0.310 e. The van der Waals surface area contributed by atoms with Crippen LogP contribution >= 0.6 is 0 Å². The van der Waals surface area contributed by atoms with Crippen LogP contribution in [0.3, 0.4) is 0 Å². The van der Waals surface area contributed by atoms with E-state index in [-0.39, 0.29) is 5.56 Å². The van der Waals surface area contributed by atoms with Gasteiger partial charge in [-0.05, 0) is 31.3 Å². The Kier molecular flexibility index (Phi) is 3.98. The highest BCUT2D eigenvalue weighted by Gasteiger charge is 2.04. The minimum absolute atomic E-state index is 0.0598. The minimum atomic E-state index is -0.0598. The normalized spacial score (nSPS) is 11.2. The lowest BCUT2D eigenvalue weighted by molar-refractivity contribution is 0.402. The van der Waals surface area contributed by atoms with E-state index in [2.05, 4.69) is 39.1 Å². The average molecular weight is 294 g/mol.